The molecular formula is C17H15FN2O2. The van der Waals surface area contributed by atoms with Crippen molar-refractivity contribution in [3.05, 3.63) is 70.9 Å². The second-order valence-corrected chi connectivity index (χ2v) is 5.32. The Morgan fingerprint density at radius 1 is 1.32 bits per heavy atom. The van der Waals surface area contributed by atoms with Gasteiger partial charge in [-0.25, -0.2) is 9.37 Å². The summed E-state index contributed by atoms with van der Waals surface area (Å²) in [6.45, 7) is 2.00. The largest absolute Gasteiger partial charge is 0.481 e. The fraction of sp³-hybridized carbons (Fsp3) is 0.176. The van der Waals surface area contributed by atoms with E-state index in [1.54, 1.807) is 6.07 Å². The molecule has 0 unspecified atom stereocenters. The Morgan fingerprint density at radius 2 is 2.14 bits per heavy atom. The zero-order valence-electron chi connectivity index (χ0n) is 12.1. The monoisotopic (exact) mass is 298 g/mol. The molecule has 3 aromatic rings. The molecule has 5 heteroatoms. The zero-order chi connectivity index (χ0) is 15.7. The predicted octanol–water partition coefficient (Wildman–Crippen LogP) is 3.00. The lowest BCUT2D eigenvalue weighted by Crippen LogP contribution is -2.06. The maximum Gasteiger partial charge on any atom is 0.309 e. The van der Waals surface area contributed by atoms with Gasteiger partial charge < -0.3 is 9.51 Å². The van der Waals surface area contributed by atoms with Gasteiger partial charge in [0.05, 0.1) is 17.8 Å². The molecule has 2 aromatic heterocycles. The number of aliphatic carboxylic acids is 1. The van der Waals surface area contributed by atoms with Gasteiger partial charge in [-0.1, -0.05) is 29.8 Å². The third-order valence-corrected chi connectivity index (χ3v) is 3.54. The second-order valence-electron chi connectivity index (χ2n) is 5.32. The van der Waals surface area contributed by atoms with Crippen LogP contribution in [0.1, 0.15) is 22.5 Å². The highest BCUT2D eigenvalue weighted by molar-refractivity contribution is 5.70. The fourth-order valence-electron chi connectivity index (χ4n) is 2.60. The Morgan fingerprint density at radius 3 is 2.86 bits per heavy atom. The van der Waals surface area contributed by atoms with Crippen LogP contribution in [0.15, 0.2) is 42.6 Å². The highest BCUT2D eigenvalue weighted by Crippen LogP contribution is 2.19. The van der Waals surface area contributed by atoms with Gasteiger partial charge in [0.25, 0.3) is 0 Å². The minimum Gasteiger partial charge on any atom is -0.481 e. The van der Waals surface area contributed by atoms with Crippen molar-refractivity contribution in [3.63, 3.8) is 0 Å². The summed E-state index contributed by atoms with van der Waals surface area (Å²) in [5.41, 5.74) is 3.92. The summed E-state index contributed by atoms with van der Waals surface area (Å²) in [6, 6.07) is 10.8. The highest BCUT2D eigenvalue weighted by atomic mass is 19.1. The van der Waals surface area contributed by atoms with Crippen LogP contribution in [0.3, 0.4) is 0 Å². The van der Waals surface area contributed by atoms with Gasteiger partial charge in [0.1, 0.15) is 11.5 Å². The minimum atomic E-state index is -0.962. The number of carbonyl (C=O) groups is 1. The van der Waals surface area contributed by atoms with Crippen LogP contribution in [0.25, 0.3) is 5.65 Å². The molecule has 0 radical (unpaired) electrons. The third-order valence-electron chi connectivity index (χ3n) is 3.54. The molecule has 22 heavy (non-hydrogen) atoms. The van der Waals surface area contributed by atoms with Crippen molar-refractivity contribution in [1.29, 1.82) is 0 Å². The molecular weight excluding hydrogens is 283 g/mol. The maximum atomic E-state index is 13.4. The van der Waals surface area contributed by atoms with E-state index in [-0.39, 0.29) is 6.42 Å². The van der Waals surface area contributed by atoms with Crippen LogP contribution in [0.2, 0.25) is 0 Å². The molecule has 0 atom stereocenters. The van der Waals surface area contributed by atoms with Crippen LogP contribution in [-0.2, 0) is 17.6 Å². The highest BCUT2D eigenvalue weighted by Gasteiger charge is 2.16. The predicted molar refractivity (Wildman–Crippen MR) is 80.5 cm³/mol. The number of hydrogen-bond donors (Lipinski definition) is 1. The van der Waals surface area contributed by atoms with Crippen LogP contribution in [0.4, 0.5) is 4.39 Å². The summed E-state index contributed by atoms with van der Waals surface area (Å²) in [4.78, 5) is 15.6. The van der Waals surface area contributed by atoms with E-state index in [4.69, 9.17) is 5.11 Å². The molecule has 1 aromatic carbocycles. The second kappa shape index (κ2) is 5.60. The number of nitrogens with zero attached hydrogens (tertiary/aromatic N) is 2. The van der Waals surface area contributed by atoms with E-state index in [2.05, 4.69) is 4.98 Å². The molecule has 0 saturated heterocycles. The summed E-state index contributed by atoms with van der Waals surface area (Å²) < 4.78 is 15.0. The fourth-order valence-corrected chi connectivity index (χ4v) is 2.60. The van der Waals surface area contributed by atoms with Crippen LogP contribution < -0.4 is 0 Å². The smallest absolute Gasteiger partial charge is 0.309 e. The van der Waals surface area contributed by atoms with Crippen molar-refractivity contribution < 1.29 is 14.3 Å². The molecule has 4 nitrogen and oxygen atoms in total. The van der Waals surface area contributed by atoms with Gasteiger partial charge in [-0.15, -0.1) is 0 Å². The quantitative estimate of drug-likeness (QED) is 0.805. The number of aromatic nitrogens is 2. The van der Waals surface area contributed by atoms with Gasteiger partial charge in [0.2, 0.25) is 0 Å². The first-order valence-electron chi connectivity index (χ1n) is 6.95. The van der Waals surface area contributed by atoms with Gasteiger partial charge in [0, 0.05) is 12.6 Å². The zero-order valence-corrected chi connectivity index (χ0v) is 12.1. The van der Waals surface area contributed by atoms with Crippen molar-refractivity contribution in [2.45, 2.75) is 19.8 Å². The Labute approximate surface area is 126 Å². The number of pyridine rings is 1. The average molecular weight is 298 g/mol. The summed E-state index contributed by atoms with van der Waals surface area (Å²) in [7, 11) is 0. The number of hydrogen-bond acceptors (Lipinski definition) is 2. The van der Waals surface area contributed by atoms with Crippen LogP contribution in [-0.4, -0.2) is 20.5 Å². The van der Waals surface area contributed by atoms with E-state index in [9.17, 15) is 9.18 Å². The molecule has 0 spiro atoms. The lowest BCUT2D eigenvalue weighted by Gasteiger charge is -2.04. The third kappa shape index (κ3) is 2.83. The first kappa shape index (κ1) is 14.3. The van der Waals surface area contributed by atoms with Crippen molar-refractivity contribution in [2.24, 2.45) is 0 Å². The van der Waals surface area contributed by atoms with Gasteiger partial charge >= 0.3 is 5.97 Å². The molecule has 0 aliphatic carbocycles. The molecule has 1 N–H and O–H groups in total. The van der Waals surface area contributed by atoms with Crippen molar-refractivity contribution in [3.8, 4) is 0 Å². The van der Waals surface area contributed by atoms with Crippen LogP contribution in [0.5, 0.6) is 0 Å². The molecule has 0 fully saturated rings. The Kier molecular flexibility index (Phi) is 3.63. The Bertz CT molecular complexity index is 855. The number of benzene rings is 1. The first-order valence-corrected chi connectivity index (χ1v) is 6.95. The first-order chi connectivity index (χ1) is 10.5. The lowest BCUT2D eigenvalue weighted by molar-refractivity contribution is -0.136. The van der Waals surface area contributed by atoms with Crippen LogP contribution in [0, 0.1) is 12.7 Å². The number of imidazole rings is 1. The number of halogens is 1. The molecule has 0 saturated carbocycles. The summed E-state index contributed by atoms with van der Waals surface area (Å²) >= 11 is 0. The lowest BCUT2D eigenvalue weighted by atomic mass is 10.1. The van der Waals surface area contributed by atoms with Gasteiger partial charge in [-0.3, -0.25) is 4.79 Å². The number of rotatable bonds is 4. The SMILES string of the molecule is Cc1cccc(Cc2nc3ccc(F)cn3c2CC(=O)O)c1. The topological polar surface area (TPSA) is 54.6 Å². The molecule has 0 amide bonds. The molecule has 0 aliphatic heterocycles. The summed E-state index contributed by atoms with van der Waals surface area (Å²) in [5.74, 6) is -1.38. The van der Waals surface area contributed by atoms with Gasteiger partial charge in [0.15, 0.2) is 0 Å². The van der Waals surface area contributed by atoms with E-state index in [1.807, 2.05) is 31.2 Å². The maximum absolute atomic E-state index is 13.4. The number of carboxylic acid groups (broad SMARTS) is 1. The molecule has 0 aliphatic rings. The van der Waals surface area contributed by atoms with Crippen molar-refractivity contribution >= 4 is 11.6 Å². The molecule has 112 valence electrons. The summed E-state index contributed by atoms with van der Waals surface area (Å²) in [5, 5.41) is 9.11. The number of carboxylic acids is 1. The molecule has 3 rings (SSSR count). The van der Waals surface area contributed by atoms with E-state index in [0.29, 0.717) is 23.5 Å². The van der Waals surface area contributed by atoms with E-state index in [1.165, 1.54) is 16.7 Å². The molecule has 2 heterocycles. The van der Waals surface area contributed by atoms with E-state index < -0.39 is 11.8 Å². The standard InChI is InChI=1S/C17H15FN2O2/c1-11-3-2-4-12(7-11)8-14-15(9-17(21)22)20-10-13(18)5-6-16(20)19-14/h2-7,10H,8-9H2,1H3,(H,21,22). The normalized spacial score (nSPS) is 11.0. The molecule has 0 bridgehead atoms. The van der Waals surface area contributed by atoms with E-state index in [0.717, 1.165) is 11.1 Å². The Balaban J connectivity index is 2.09. The van der Waals surface area contributed by atoms with E-state index >= 15 is 0 Å². The number of fused-ring (bicyclic) bond motifs is 1. The van der Waals surface area contributed by atoms with Gasteiger partial charge in [-0.2, -0.15) is 0 Å². The summed E-state index contributed by atoms with van der Waals surface area (Å²) in [6.07, 6.45) is 1.61. The van der Waals surface area contributed by atoms with Crippen molar-refractivity contribution in [1.82, 2.24) is 9.38 Å². The number of aryl methyl sites for hydroxylation is 1. The average Bonchev–Trinajstić information content (AvgIpc) is 2.76. The minimum absolute atomic E-state index is 0.189. The van der Waals surface area contributed by atoms with Crippen molar-refractivity contribution in [2.75, 3.05) is 0 Å². The van der Waals surface area contributed by atoms with Gasteiger partial charge in [-0.05, 0) is 24.6 Å². The Hall–Kier alpha value is -2.69. The van der Waals surface area contributed by atoms with Crippen LogP contribution >= 0.6 is 0 Å².